The van der Waals surface area contributed by atoms with Crippen LogP contribution in [0.3, 0.4) is 0 Å². The third-order valence-electron chi connectivity index (χ3n) is 4.00. The molecule has 0 saturated heterocycles. The van der Waals surface area contributed by atoms with E-state index in [1.807, 2.05) is 0 Å². The van der Waals surface area contributed by atoms with Crippen molar-refractivity contribution in [3.8, 4) is 11.4 Å². The molecule has 0 unspecified atom stereocenters. The van der Waals surface area contributed by atoms with Crippen molar-refractivity contribution in [1.82, 2.24) is 15.0 Å². The van der Waals surface area contributed by atoms with Gasteiger partial charge in [0.2, 0.25) is 0 Å². The first-order valence-electron chi connectivity index (χ1n) is 8.26. The van der Waals surface area contributed by atoms with Crippen LogP contribution in [0.2, 0.25) is 0 Å². The number of quaternary nitrogens is 1. The Balaban J connectivity index is 1.71. The molecule has 3 N–H and O–H groups in total. The van der Waals surface area contributed by atoms with Gasteiger partial charge in [-0.15, -0.1) is 0 Å². The quantitative estimate of drug-likeness (QED) is 0.581. The fourth-order valence-corrected chi connectivity index (χ4v) is 2.91. The largest absolute Gasteiger partial charge is 0.362 e. The van der Waals surface area contributed by atoms with Gasteiger partial charge in [0.05, 0.1) is 38.2 Å². The van der Waals surface area contributed by atoms with Crippen LogP contribution in [-0.2, 0) is 19.4 Å². The zero-order chi connectivity index (χ0) is 16.4. The summed E-state index contributed by atoms with van der Waals surface area (Å²) in [5, 5.41) is 0. The van der Waals surface area contributed by atoms with E-state index in [9.17, 15) is 0 Å². The topological polar surface area (TPSA) is 47.4 Å². The summed E-state index contributed by atoms with van der Waals surface area (Å²) in [7, 11) is 6.61. The molecular formula is C19H27N4+. The Morgan fingerprint density at radius 1 is 0.696 bits per heavy atom. The van der Waals surface area contributed by atoms with Gasteiger partial charge in [-0.05, 0) is 42.8 Å². The zero-order valence-corrected chi connectivity index (χ0v) is 14.5. The van der Waals surface area contributed by atoms with Crippen molar-refractivity contribution in [2.24, 2.45) is 0 Å². The number of H-pyrrole nitrogens is 3. The molecular weight excluding hydrogens is 284 g/mol. The number of nitrogens with one attached hydrogen (secondary N) is 3. The Bertz CT molecular complexity index is 767. The molecule has 0 radical (unpaired) electrons. The average Bonchev–Trinajstić information content (AvgIpc) is 3.17. The minimum Gasteiger partial charge on any atom is -0.362 e. The number of rotatable bonds is 6. The van der Waals surface area contributed by atoms with Gasteiger partial charge in [-0.1, -0.05) is 6.92 Å². The maximum Gasteiger partial charge on any atom is 0.119 e. The van der Waals surface area contributed by atoms with Gasteiger partial charge in [-0.3, -0.25) is 0 Å². The third kappa shape index (κ3) is 3.96. The summed E-state index contributed by atoms with van der Waals surface area (Å²) in [6.07, 6.45) is 1.96. The second-order valence-electron chi connectivity index (χ2n) is 7.28. The van der Waals surface area contributed by atoms with E-state index in [-0.39, 0.29) is 0 Å². The summed E-state index contributed by atoms with van der Waals surface area (Å²) >= 11 is 0. The van der Waals surface area contributed by atoms with Crippen LogP contribution in [-0.4, -0.2) is 40.6 Å². The fraction of sp³-hybridized carbons (Fsp3) is 0.368. The summed E-state index contributed by atoms with van der Waals surface area (Å²) in [4.78, 5) is 10.5. The number of hydrogen-bond acceptors (Lipinski definition) is 0. The number of aryl methyl sites for hydroxylation is 1. The molecule has 4 nitrogen and oxygen atoms in total. The van der Waals surface area contributed by atoms with Crippen LogP contribution in [0.5, 0.6) is 0 Å². The predicted octanol–water partition coefficient (Wildman–Crippen LogP) is 3.70. The van der Waals surface area contributed by atoms with Crippen molar-refractivity contribution >= 4 is 0 Å². The van der Waals surface area contributed by atoms with Crippen molar-refractivity contribution in [2.45, 2.75) is 26.3 Å². The molecule has 0 saturated carbocycles. The van der Waals surface area contributed by atoms with Crippen LogP contribution in [0, 0.1) is 0 Å². The molecule has 122 valence electrons. The fourth-order valence-electron chi connectivity index (χ4n) is 2.91. The molecule has 3 aromatic rings. The molecule has 0 atom stereocenters. The minimum atomic E-state index is 0.909. The van der Waals surface area contributed by atoms with Crippen molar-refractivity contribution in [3.05, 3.63) is 59.2 Å². The summed E-state index contributed by atoms with van der Waals surface area (Å²) in [6, 6.07) is 13.0. The van der Waals surface area contributed by atoms with Crippen LogP contribution in [0.1, 0.15) is 29.7 Å². The van der Waals surface area contributed by atoms with Crippen molar-refractivity contribution < 1.29 is 4.48 Å². The monoisotopic (exact) mass is 311 g/mol. The zero-order valence-electron chi connectivity index (χ0n) is 14.5. The molecule has 0 bridgehead atoms. The molecule has 3 heterocycles. The van der Waals surface area contributed by atoms with E-state index < -0.39 is 0 Å². The summed E-state index contributed by atoms with van der Waals surface area (Å²) in [6.45, 7) is 3.16. The Labute approximate surface area is 138 Å². The highest BCUT2D eigenvalue weighted by Gasteiger charge is 2.11. The van der Waals surface area contributed by atoms with Gasteiger partial charge < -0.3 is 19.4 Å². The van der Waals surface area contributed by atoms with E-state index in [4.69, 9.17) is 0 Å². The summed E-state index contributed by atoms with van der Waals surface area (Å²) in [5.74, 6) is 0. The van der Waals surface area contributed by atoms with E-state index in [0.29, 0.717) is 0 Å². The van der Waals surface area contributed by atoms with E-state index in [0.717, 1.165) is 35.3 Å². The van der Waals surface area contributed by atoms with E-state index >= 15 is 0 Å². The van der Waals surface area contributed by atoms with Crippen LogP contribution in [0.25, 0.3) is 11.4 Å². The Morgan fingerprint density at radius 3 is 1.83 bits per heavy atom. The lowest BCUT2D eigenvalue weighted by Crippen LogP contribution is -2.33. The van der Waals surface area contributed by atoms with Crippen LogP contribution >= 0.6 is 0 Å². The van der Waals surface area contributed by atoms with Gasteiger partial charge in [-0.2, -0.15) is 0 Å². The van der Waals surface area contributed by atoms with Gasteiger partial charge in [-0.25, -0.2) is 0 Å². The number of aromatic nitrogens is 3. The highest BCUT2D eigenvalue weighted by Crippen LogP contribution is 2.20. The Hall–Kier alpha value is -2.20. The van der Waals surface area contributed by atoms with Crippen molar-refractivity contribution in [3.63, 3.8) is 0 Å². The van der Waals surface area contributed by atoms with Gasteiger partial charge in [0, 0.05) is 23.5 Å². The van der Waals surface area contributed by atoms with Gasteiger partial charge in [0.15, 0.2) is 0 Å². The number of hydrogen-bond donors (Lipinski definition) is 3. The second-order valence-corrected chi connectivity index (χ2v) is 7.28. The highest BCUT2D eigenvalue weighted by molar-refractivity contribution is 5.56. The molecule has 0 fully saturated rings. The minimum absolute atomic E-state index is 0.909. The first-order chi connectivity index (χ1) is 10.9. The molecule has 0 aliphatic rings. The molecule has 3 aromatic heterocycles. The van der Waals surface area contributed by atoms with Crippen LogP contribution in [0.15, 0.2) is 36.4 Å². The first-order valence-corrected chi connectivity index (χ1v) is 8.26. The first kappa shape index (κ1) is 15.7. The molecule has 3 rings (SSSR count). The Kier molecular flexibility index (Phi) is 4.18. The molecule has 0 aliphatic heterocycles. The standard InChI is InChI=1S/C19H27N4/c1-5-14-6-7-15(20-14)12-16-8-10-18(21-16)19-11-9-17(22-19)13-23(2,3)4/h6-11,20-22H,5,12-13H2,1-4H3/q+1. The molecule has 4 heteroatoms. The lowest BCUT2D eigenvalue weighted by Gasteiger charge is -2.22. The SMILES string of the molecule is CCc1ccc(Cc2ccc(-c3ccc(C[N+](C)(C)C)[nH]3)[nH]2)[nH]1. The van der Waals surface area contributed by atoms with Crippen molar-refractivity contribution in [2.75, 3.05) is 21.1 Å². The molecule has 0 spiro atoms. The maximum absolute atomic E-state index is 3.53. The van der Waals surface area contributed by atoms with Crippen LogP contribution in [0.4, 0.5) is 0 Å². The molecule has 23 heavy (non-hydrogen) atoms. The molecule has 0 amide bonds. The highest BCUT2D eigenvalue weighted by atomic mass is 15.3. The average molecular weight is 311 g/mol. The maximum atomic E-state index is 3.53. The lowest BCUT2D eigenvalue weighted by molar-refractivity contribution is -0.884. The van der Waals surface area contributed by atoms with E-state index in [1.54, 1.807) is 0 Å². The lowest BCUT2D eigenvalue weighted by atomic mass is 10.2. The van der Waals surface area contributed by atoms with Crippen LogP contribution < -0.4 is 0 Å². The predicted molar refractivity (Wildman–Crippen MR) is 95.3 cm³/mol. The van der Waals surface area contributed by atoms with Gasteiger partial charge in [0.1, 0.15) is 6.54 Å². The molecule has 0 aromatic carbocycles. The van der Waals surface area contributed by atoms with E-state index in [1.165, 1.54) is 22.8 Å². The van der Waals surface area contributed by atoms with Gasteiger partial charge in [0.25, 0.3) is 0 Å². The molecule has 0 aliphatic carbocycles. The van der Waals surface area contributed by atoms with Gasteiger partial charge >= 0.3 is 0 Å². The van der Waals surface area contributed by atoms with E-state index in [2.05, 4.69) is 79.4 Å². The van der Waals surface area contributed by atoms with Crippen molar-refractivity contribution in [1.29, 1.82) is 0 Å². The third-order valence-corrected chi connectivity index (χ3v) is 4.00. The Morgan fingerprint density at radius 2 is 1.22 bits per heavy atom. The second kappa shape index (κ2) is 6.13. The number of aromatic amines is 3. The smallest absolute Gasteiger partial charge is 0.119 e. The number of nitrogens with zero attached hydrogens (tertiary/aromatic N) is 1. The summed E-state index contributed by atoms with van der Waals surface area (Å²) < 4.78 is 0.919. The normalized spacial score (nSPS) is 12.0. The summed E-state index contributed by atoms with van der Waals surface area (Å²) in [5.41, 5.74) is 7.34.